The lowest BCUT2D eigenvalue weighted by molar-refractivity contribution is 0.0332. The van der Waals surface area contributed by atoms with Crippen LogP contribution in [0.1, 0.15) is 28.9 Å². The lowest BCUT2D eigenvalue weighted by Crippen LogP contribution is -2.36. The zero-order valence-electron chi connectivity index (χ0n) is 21.1. The van der Waals surface area contributed by atoms with Gasteiger partial charge in [-0.15, -0.1) is 0 Å². The summed E-state index contributed by atoms with van der Waals surface area (Å²) in [7, 11) is 1.99. The van der Waals surface area contributed by atoms with Crippen molar-refractivity contribution in [2.45, 2.75) is 19.4 Å². The van der Waals surface area contributed by atoms with Crippen LogP contribution in [0, 0.1) is 0 Å². The predicted octanol–water partition coefficient (Wildman–Crippen LogP) is 3.72. The maximum absolute atomic E-state index is 13.0. The van der Waals surface area contributed by atoms with Gasteiger partial charge in [0.15, 0.2) is 0 Å². The minimum absolute atomic E-state index is 0.189. The zero-order chi connectivity index (χ0) is 25.2. The highest BCUT2D eigenvalue weighted by molar-refractivity contribution is 6.05. The van der Waals surface area contributed by atoms with Gasteiger partial charge in [-0.25, -0.2) is 9.97 Å². The molecule has 9 nitrogen and oxygen atoms in total. The van der Waals surface area contributed by atoms with Gasteiger partial charge < -0.3 is 15.0 Å². The Morgan fingerprint density at radius 1 is 0.973 bits per heavy atom. The van der Waals surface area contributed by atoms with Gasteiger partial charge in [0.25, 0.3) is 5.91 Å². The number of anilines is 2. The van der Waals surface area contributed by atoms with Gasteiger partial charge in [-0.1, -0.05) is 12.1 Å². The minimum atomic E-state index is -0.189. The third-order valence-electron chi connectivity index (χ3n) is 7.25. The summed E-state index contributed by atoms with van der Waals surface area (Å²) in [5, 5.41) is 9.54. The number of rotatable bonds is 6. The number of benzene rings is 1. The van der Waals surface area contributed by atoms with Gasteiger partial charge >= 0.3 is 0 Å². The van der Waals surface area contributed by atoms with Crippen LogP contribution in [0.5, 0.6) is 0 Å². The summed E-state index contributed by atoms with van der Waals surface area (Å²) in [6.45, 7) is 6.18. The molecular formula is C28H31N7O2. The first-order valence-electron chi connectivity index (χ1n) is 12.9. The number of ether oxygens (including phenoxy) is 1. The Balaban J connectivity index is 1.23. The Labute approximate surface area is 216 Å². The molecule has 190 valence electrons. The molecule has 0 aliphatic carbocycles. The number of pyridine rings is 2. The zero-order valence-corrected chi connectivity index (χ0v) is 21.1. The van der Waals surface area contributed by atoms with Crippen LogP contribution in [0.25, 0.3) is 21.9 Å². The molecule has 1 amide bonds. The second kappa shape index (κ2) is 10.3. The van der Waals surface area contributed by atoms with Crippen molar-refractivity contribution in [2.24, 2.45) is 7.05 Å². The summed E-state index contributed by atoms with van der Waals surface area (Å²) in [6, 6.07) is 11.9. The Morgan fingerprint density at radius 3 is 2.65 bits per heavy atom. The topological polar surface area (TPSA) is 88.4 Å². The fourth-order valence-electron chi connectivity index (χ4n) is 5.11. The Bertz CT molecular complexity index is 1420. The molecule has 9 heteroatoms. The molecule has 3 aromatic heterocycles. The highest BCUT2D eigenvalue weighted by Gasteiger charge is 2.18. The highest BCUT2D eigenvalue weighted by atomic mass is 16.5. The van der Waals surface area contributed by atoms with Crippen LogP contribution in [-0.2, 0) is 18.3 Å². The fourth-order valence-corrected chi connectivity index (χ4v) is 5.11. The number of aromatic nitrogens is 4. The van der Waals surface area contributed by atoms with E-state index in [-0.39, 0.29) is 5.91 Å². The average molecular weight is 498 g/mol. The van der Waals surface area contributed by atoms with Gasteiger partial charge in [0, 0.05) is 68.7 Å². The summed E-state index contributed by atoms with van der Waals surface area (Å²) in [5.41, 5.74) is 3.97. The number of hydrogen-bond acceptors (Lipinski definition) is 7. The van der Waals surface area contributed by atoms with Crippen molar-refractivity contribution < 1.29 is 9.53 Å². The summed E-state index contributed by atoms with van der Waals surface area (Å²) in [6.07, 6.45) is 7.76. The maximum atomic E-state index is 13.0. The Morgan fingerprint density at radius 2 is 1.81 bits per heavy atom. The molecule has 0 unspecified atom stereocenters. The number of carbonyl (C=O) groups is 1. The Kier molecular flexibility index (Phi) is 6.55. The van der Waals surface area contributed by atoms with Crippen LogP contribution in [0.4, 0.5) is 11.6 Å². The van der Waals surface area contributed by atoms with E-state index in [1.807, 2.05) is 30.1 Å². The number of amides is 1. The molecule has 2 aliphatic rings. The van der Waals surface area contributed by atoms with E-state index in [2.05, 4.69) is 48.4 Å². The van der Waals surface area contributed by atoms with Gasteiger partial charge in [0.2, 0.25) is 0 Å². The van der Waals surface area contributed by atoms with Crippen molar-refractivity contribution in [1.82, 2.24) is 24.6 Å². The smallest absolute Gasteiger partial charge is 0.257 e. The van der Waals surface area contributed by atoms with Gasteiger partial charge in [-0.2, -0.15) is 5.10 Å². The number of aryl methyl sites for hydroxylation is 1. The SMILES string of the molecule is Cn1ncc(-c2ccc3cnc(NC(=O)c4ccnc(N5CCCC5)c4)cc3c2)c1CN1CCOCC1. The highest BCUT2D eigenvalue weighted by Crippen LogP contribution is 2.29. The molecule has 4 aromatic rings. The van der Waals surface area contributed by atoms with Gasteiger partial charge in [-0.05, 0) is 48.1 Å². The second-order valence-electron chi connectivity index (χ2n) is 9.70. The molecule has 0 atom stereocenters. The third kappa shape index (κ3) is 5.05. The number of nitrogens with one attached hydrogen (secondary N) is 1. The fraction of sp³-hybridized carbons (Fsp3) is 0.357. The van der Waals surface area contributed by atoms with Crippen molar-refractivity contribution in [3.63, 3.8) is 0 Å². The first-order chi connectivity index (χ1) is 18.1. The molecule has 2 fully saturated rings. The van der Waals surface area contributed by atoms with Crippen LogP contribution < -0.4 is 10.2 Å². The molecule has 0 bridgehead atoms. The van der Waals surface area contributed by atoms with E-state index >= 15 is 0 Å². The summed E-state index contributed by atoms with van der Waals surface area (Å²) < 4.78 is 7.46. The number of hydrogen-bond donors (Lipinski definition) is 1. The summed E-state index contributed by atoms with van der Waals surface area (Å²) >= 11 is 0. The van der Waals surface area contributed by atoms with Crippen molar-refractivity contribution in [3.8, 4) is 11.1 Å². The molecule has 0 spiro atoms. The van der Waals surface area contributed by atoms with E-state index < -0.39 is 0 Å². The number of fused-ring (bicyclic) bond motifs is 1. The van der Waals surface area contributed by atoms with E-state index in [0.29, 0.717) is 11.4 Å². The first kappa shape index (κ1) is 23.6. The monoisotopic (exact) mass is 497 g/mol. The molecule has 0 saturated carbocycles. The molecule has 1 aromatic carbocycles. The van der Waals surface area contributed by atoms with Crippen molar-refractivity contribution >= 4 is 28.3 Å². The van der Waals surface area contributed by atoms with E-state index in [0.717, 1.165) is 86.5 Å². The van der Waals surface area contributed by atoms with Crippen molar-refractivity contribution in [2.75, 3.05) is 49.6 Å². The molecule has 5 heterocycles. The number of nitrogens with zero attached hydrogens (tertiary/aromatic N) is 6. The Hall–Kier alpha value is -3.82. The molecule has 37 heavy (non-hydrogen) atoms. The minimum Gasteiger partial charge on any atom is -0.379 e. The second-order valence-corrected chi connectivity index (χ2v) is 9.70. The normalized spacial score (nSPS) is 16.4. The molecule has 6 rings (SSSR count). The van der Waals surface area contributed by atoms with E-state index in [4.69, 9.17) is 4.74 Å². The van der Waals surface area contributed by atoms with Gasteiger partial charge in [0.05, 0.1) is 25.1 Å². The maximum Gasteiger partial charge on any atom is 0.257 e. The van der Waals surface area contributed by atoms with Crippen LogP contribution in [0.15, 0.2) is 55.0 Å². The van der Waals surface area contributed by atoms with Crippen molar-refractivity contribution in [1.29, 1.82) is 0 Å². The van der Waals surface area contributed by atoms with Gasteiger partial charge in [-0.3, -0.25) is 14.4 Å². The van der Waals surface area contributed by atoms with E-state index in [9.17, 15) is 4.79 Å². The molecule has 0 radical (unpaired) electrons. The van der Waals surface area contributed by atoms with E-state index in [1.165, 1.54) is 5.69 Å². The van der Waals surface area contributed by atoms with Crippen LogP contribution >= 0.6 is 0 Å². The third-order valence-corrected chi connectivity index (χ3v) is 7.25. The molecule has 1 N–H and O–H groups in total. The molecular weight excluding hydrogens is 466 g/mol. The standard InChI is InChI=1S/C28H31N7O2/c1-33-25(19-34-10-12-37-13-11-34)24(18-31-33)20-4-5-22-17-30-26(15-23(22)14-20)32-28(36)21-6-7-29-27(16-21)35-8-2-3-9-35/h4-7,14-18H,2-3,8-13,19H2,1H3,(H,30,32,36). The van der Waals surface area contributed by atoms with Crippen molar-refractivity contribution in [3.05, 3.63) is 66.2 Å². The molecule has 2 aliphatic heterocycles. The number of carbonyl (C=O) groups excluding carboxylic acids is 1. The van der Waals surface area contributed by atoms with Crippen LogP contribution in [0.3, 0.4) is 0 Å². The van der Waals surface area contributed by atoms with Gasteiger partial charge in [0.1, 0.15) is 11.6 Å². The van der Waals surface area contributed by atoms with Crippen LogP contribution in [0.2, 0.25) is 0 Å². The first-order valence-corrected chi connectivity index (χ1v) is 12.9. The van der Waals surface area contributed by atoms with Crippen LogP contribution in [-0.4, -0.2) is 69.9 Å². The molecule has 2 saturated heterocycles. The lowest BCUT2D eigenvalue weighted by Gasteiger charge is -2.27. The lowest BCUT2D eigenvalue weighted by atomic mass is 10.0. The predicted molar refractivity (Wildman–Crippen MR) is 144 cm³/mol. The number of morpholine rings is 1. The average Bonchev–Trinajstić information content (AvgIpc) is 3.60. The quantitative estimate of drug-likeness (QED) is 0.434. The summed E-state index contributed by atoms with van der Waals surface area (Å²) in [5.74, 6) is 1.19. The summed E-state index contributed by atoms with van der Waals surface area (Å²) in [4.78, 5) is 26.6. The van der Waals surface area contributed by atoms with E-state index in [1.54, 1.807) is 18.5 Å². The largest absolute Gasteiger partial charge is 0.379 e.